The molecular formula is C36H41N3O5S. The zero-order chi connectivity index (χ0) is 32.4. The molecule has 0 radical (unpaired) electrons. The maximum absolute atomic E-state index is 14.5. The second-order valence-corrected chi connectivity index (χ2v) is 12.9. The van der Waals surface area contributed by atoms with Crippen LogP contribution in [0.15, 0.2) is 114 Å². The molecule has 0 aromatic heterocycles. The Balaban J connectivity index is 1.81. The zero-order valence-corrected chi connectivity index (χ0v) is 27.0. The van der Waals surface area contributed by atoms with Crippen LogP contribution in [-0.4, -0.2) is 50.9 Å². The number of aryl methyl sites for hydroxylation is 1. The standard InChI is InChI=1S/C36H41N3O5S/c1-5-28(3)37-36(41)34(24-29-15-8-6-9-16-29)38(25-30-17-13-19-32(23-30)44-4)35(40)26-39(31-18-12-14-27(2)22-31)45(42,43)33-20-10-7-11-21-33/h6-23,28,34H,5,24-26H2,1-4H3,(H,37,41). The molecule has 236 valence electrons. The van der Waals surface area contributed by atoms with E-state index in [0.29, 0.717) is 17.9 Å². The number of ether oxygens (including phenoxy) is 1. The van der Waals surface area contributed by atoms with Crippen LogP contribution in [-0.2, 0) is 32.6 Å². The van der Waals surface area contributed by atoms with Gasteiger partial charge in [-0.1, -0.05) is 79.7 Å². The number of anilines is 1. The molecule has 8 nitrogen and oxygen atoms in total. The van der Waals surface area contributed by atoms with Gasteiger partial charge in [-0.25, -0.2) is 8.42 Å². The van der Waals surface area contributed by atoms with Crippen molar-refractivity contribution in [3.63, 3.8) is 0 Å². The van der Waals surface area contributed by atoms with Crippen LogP contribution < -0.4 is 14.4 Å². The molecule has 0 bridgehead atoms. The van der Waals surface area contributed by atoms with Crippen LogP contribution in [0.5, 0.6) is 5.75 Å². The van der Waals surface area contributed by atoms with Gasteiger partial charge in [0.2, 0.25) is 11.8 Å². The lowest BCUT2D eigenvalue weighted by Gasteiger charge is -2.34. The summed E-state index contributed by atoms with van der Waals surface area (Å²) in [5, 5.41) is 3.05. The van der Waals surface area contributed by atoms with Gasteiger partial charge in [-0.15, -0.1) is 0 Å². The highest BCUT2D eigenvalue weighted by molar-refractivity contribution is 7.92. The highest BCUT2D eigenvalue weighted by Crippen LogP contribution is 2.26. The average molecular weight is 628 g/mol. The zero-order valence-electron chi connectivity index (χ0n) is 26.2. The van der Waals surface area contributed by atoms with Gasteiger partial charge in [0, 0.05) is 19.0 Å². The first-order valence-electron chi connectivity index (χ1n) is 15.0. The van der Waals surface area contributed by atoms with Crippen LogP contribution in [0.2, 0.25) is 0 Å². The first-order valence-corrected chi connectivity index (χ1v) is 16.5. The van der Waals surface area contributed by atoms with Crippen LogP contribution in [0.25, 0.3) is 0 Å². The number of nitrogens with zero attached hydrogens (tertiary/aromatic N) is 2. The number of hydrogen-bond donors (Lipinski definition) is 1. The summed E-state index contributed by atoms with van der Waals surface area (Å²) in [7, 11) is -2.58. The molecule has 0 spiro atoms. The minimum atomic E-state index is -4.15. The molecule has 1 N–H and O–H groups in total. The van der Waals surface area contributed by atoms with Gasteiger partial charge in [0.25, 0.3) is 10.0 Å². The predicted molar refractivity (Wildman–Crippen MR) is 178 cm³/mol. The summed E-state index contributed by atoms with van der Waals surface area (Å²) in [6.07, 6.45) is 0.957. The number of rotatable bonds is 14. The second kappa shape index (κ2) is 15.4. The minimum Gasteiger partial charge on any atom is -0.497 e. The normalized spacial score (nSPS) is 12.5. The van der Waals surface area contributed by atoms with Gasteiger partial charge in [-0.2, -0.15) is 0 Å². The minimum absolute atomic E-state index is 0.0639. The molecular weight excluding hydrogens is 586 g/mol. The third kappa shape index (κ3) is 8.73. The maximum Gasteiger partial charge on any atom is 0.264 e. The van der Waals surface area contributed by atoms with E-state index in [1.807, 2.05) is 75.4 Å². The molecule has 2 atom stereocenters. The highest BCUT2D eigenvalue weighted by atomic mass is 32.2. The summed E-state index contributed by atoms with van der Waals surface area (Å²) in [6, 6.07) is 30.8. The smallest absolute Gasteiger partial charge is 0.264 e. The van der Waals surface area contributed by atoms with E-state index >= 15 is 0 Å². The van der Waals surface area contributed by atoms with Gasteiger partial charge in [-0.3, -0.25) is 13.9 Å². The number of amides is 2. The molecule has 0 aliphatic heterocycles. The van der Waals surface area contributed by atoms with Crippen molar-refractivity contribution in [1.82, 2.24) is 10.2 Å². The van der Waals surface area contributed by atoms with E-state index < -0.39 is 28.5 Å². The van der Waals surface area contributed by atoms with Crippen LogP contribution in [0.1, 0.15) is 37.0 Å². The fraction of sp³-hybridized carbons (Fsp3) is 0.278. The number of nitrogens with one attached hydrogen (secondary N) is 1. The molecule has 0 fully saturated rings. The van der Waals surface area contributed by atoms with Gasteiger partial charge in [-0.05, 0) is 73.4 Å². The quantitative estimate of drug-likeness (QED) is 0.192. The van der Waals surface area contributed by atoms with Crippen molar-refractivity contribution < 1.29 is 22.7 Å². The second-order valence-electron chi connectivity index (χ2n) is 11.1. The summed E-state index contributed by atoms with van der Waals surface area (Å²) in [5.41, 5.74) is 2.82. The van der Waals surface area contributed by atoms with E-state index in [0.717, 1.165) is 21.0 Å². The van der Waals surface area contributed by atoms with Crippen molar-refractivity contribution in [3.05, 3.63) is 126 Å². The molecule has 0 aliphatic rings. The largest absolute Gasteiger partial charge is 0.497 e. The summed E-state index contributed by atoms with van der Waals surface area (Å²) in [6.45, 7) is 5.31. The monoisotopic (exact) mass is 627 g/mol. The molecule has 9 heteroatoms. The van der Waals surface area contributed by atoms with Crippen molar-refractivity contribution in [3.8, 4) is 5.75 Å². The van der Waals surface area contributed by atoms with Crippen molar-refractivity contribution in [2.45, 2.75) is 57.1 Å². The molecule has 2 amide bonds. The number of carbonyl (C=O) groups excluding carboxylic acids is 2. The predicted octanol–water partition coefficient (Wildman–Crippen LogP) is 5.75. The molecule has 4 rings (SSSR count). The molecule has 0 saturated carbocycles. The van der Waals surface area contributed by atoms with Gasteiger partial charge in [0.1, 0.15) is 18.3 Å². The van der Waals surface area contributed by atoms with Gasteiger partial charge < -0.3 is 15.0 Å². The third-order valence-electron chi connectivity index (χ3n) is 7.66. The fourth-order valence-electron chi connectivity index (χ4n) is 4.99. The molecule has 4 aromatic rings. The summed E-state index contributed by atoms with van der Waals surface area (Å²) in [4.78, 5) is 30.0. The van der Waals surface area contributed by atoms with E-state index in [9.17, 15) is 18.0 Å². The number of methoxy groups -OCH3 is 1. The summed E-state index contributed by atoms with van der Waals surface area (Å²) in [5.74, 6) is -0.215. The van der Waals surface area contributed by atoms with Crippen molar-refractivity contribution >= 4 is 27.5 Å². The van der Waals surface area contributed by atoms with E-state index in [-0.39, 0.29) is 29.8 Å². The van der Waals surface area contributed by atoms with E-state index in [1.165, 1.54) is 17.0 Å². The van der Waals surface area contributed by atoms with E-state index in [4.69, 9.17) is 4.74 Å². The van der Waals surface area contributed by atoms with Crippen molar-refractivity contribution in [2.24, 2.45) is 0 Å². The van der Waals surface area contributed by atoms with Gasteiger partial charge in [0.05, 0.1) is 17.7 Å². The Morgan fingerprint density at radius 3 is 2.13 bits per heavy atom. The van der Waals surface area contributed by atoms with Gasteiger partial charge >= 0.3 is 0 Å². The number of benzene rings is 4. The molecule has 2 unspecified atom stereocenters. The molecule has 0 aliphatic carbocycles. The molecule has 0 heterocycles. The fourth-order valence-corrected chi connectivity index (χ4v) is 6.42. The Morgan fingerprint density at radius 1 is 0.844 bits per heavy atom. The van der Waals surface area contributed by atoms with Crippen LogP contribution in [0.3, 0.4) is 0 Å². The average Bonchev–Trinajstić information content (AvgIpc) is 3.05. The topological polar surface area (TPSA) is 96.0 Å². The van der Waals surface area contributed by atoms with Crippen molar-refractivity contribution in [2.75, 3.05) is 18.0 Å². The Hall–Kier alpha value is -4.63. The molecule has 4 aromatic carbocycles. The Kier molecular flexibility index (Phi) is 11.4. The first-order chi connectivity index (χ1) is 21.6. The number of sulfonamides is 1. The summed E-state index contributed by atoms with van der Waals surface area (Å²) >= 11 is 0. The highest BCUT2D eigenvalue weighted by Gasteiger charge is 2.35. The molecule has 45 heavy (non-hydrogen) atoms. The van der Waals surface area contributed by atoms with E-state index in [1.54, 1.807) is 49.6 Å². The SMILES string of the molecule is CCC(C)NC(=O)C(Cc1ccccc1)N(Cc1cccc(OC)c1)C(=O)CN(c1cccc(C)c1)S(=O)(=O)c1ccccc1. The Labute approximate surface area is 266 Å². The summed E-state index contributed by atoms with van der Waals surface area (Å²) < 4.78 is 34.7. The van der Waals surface area contributed by atoms with Crippen LogP contribution >= 0.6 is 0 Å². The van der Waals surface area contributed by atoms with Crippen LogP contribution in [0, 0.1) is 6.92 Å². The molecule has 0 saturated heterocycles. The van der Waals surface area contributed by atoms with E-state index in [2.05, 4.69) is 5.32 Å². The number of carbonyl (C=O) groups is 2. The lowest BCUT2D eigenvalue weighted by Crippen LogP contribution is -2.54. The maximum atomic E-state index is 14.5. The van der Waals surface area contributed by atoms with Crippen molar-refractivity contribution in [1.29, 1.82) is 0 Å². The lowest BCUT2D eigenvalue weighted by molar-refractivity contribution is -0.140. The van der Waals surface area contributed by atoms with Crippen LogP contribution in [0.4, 0.5) is 5.69 Å². The number of hydrogen-bond acceptors (Lipinski definition) is 5. The Bertz CT molecular complexity index is 1680. The Morgan fingerprint density at radius 2 is 1.49 bits per heavy atom. The first kappa shape index (κ1) is 33.3. The third-order valence-corrected chi connectivity index (χ3v) is 9.45. The lowest BCUT2D eigenvalue weighted by atomic mass is 10.0. The van der Waals surface area contributed by atoms with Gasteiger partial charge in [0.15, 0.2) is 0 Å².